The van der Waals surface area contributed by atoms with Crippen molar-refractivity contribution < 1.29 is 14.2 Å². The molecule has 2 unspecified atom stereocenters. The maximum absolute atomic E-state index is 5.84. The summed E-state index contributed by atoms with van der Waals surface area (Å²) in [6.45, 7) is 8.10. The highest BCUT2D eigenvalue weighted by atomic mass is 16.7. The Morgan fingerprint density at radius 1 is 1.50 bits per heavy atom. The molecule has 0 aromatic rings. The fraction of sp³-hybridized carbons (Fsp3) is 0.846. The molecule has 0 radical (unpaired) electrons. The van der Waals surface area contributed by atoms with Crippen LogP contribution in [-0.2, 0) is 14.2 Å². The van der Waals surface area contributed by atoms with E-state index >= 15 is 0 Å². The number of ether oxygens (including phenoxy) is 3. The number of hydrogen-bond donors (Lipinski definition) is 0. The van der Waals surface area contributed by atoms with Crippen molar-refractivity contribution in [2.45, 2.75) is 58.2 Å². The first-order valence-electron chi connectivity index (χ1n) is 5.84. The maximum atomic E-state index is 5.84. The van der Waals surface area contributed by atoms with Crippen LogP contribution in [0.15, 0.2) is 0 Å². The van der Waals surface area contributed by atoms with Crippen LogP contribution in [0.3, 0.4) is 0 Å². The molecule has 16 heavy (non-hydrogen) atoms. The molecule has 3 nitrogen and oxygen atoms in total. The lowest BCUT2D eigenvalue weighted by molar-refractivity contribution is -0.179. The molecule has 1 aliphatic rings. The van der Waals surface area contributed by atoms with Crippen LogP contribution < -0.4 is 0 Å². The van der Waals surface area contributed by atoms with Crippen LogP contribution in [0.4, 0.5) is 0 Å². The highest BCUT2D eigenvalue weighted by Crippen LogP contribution is 2.40. The Bertz CT molecular complexity index is 269. The van der Waals surface area contributed by atoms with Crippen molar-refractivity contribution in [3.05, 3.63) is 0 Å². The number of methoxy groups -OCH3 is 1. The first-order valence-corrected chi connectivity index (χ1v) is 5.84. The molecule has 1 saturated heterocycles. The number of rotatable bonds is 4. The van der Waals surface area contributed by atoms with E-state index in [-0.39, 0.29) is 24.4 Å². The Hall–Kier alpha value is -0.560. The van der Waals surface area contributed by atoms with E-state index in [2.05, 4.69) is 12.8 Å². The lowest BCUT2D eigenvalue weighted by Crippen LogP contribution is -2.36. The van der Waals surface area contributed by atoms with Crippen LogP contribution >= 0.6 is 0 Å². The normalized spacial score (nSPS) is 38.9. The summed E-state index contributed by atoms with van der Waals surface area (Å²) in [4.78, 5) is 0. The van der Waals surface area contributed by atoms with Crippen LogP contribution in [0.5, 0.6) is 0 Å². The molecule has 0 amide bonds. The minimum Gasteiger partial charge on any atom is -0.370 e. The lowest BCUT2D eigenvalue weighted by atomic mass is 9.85. The molecular weight excluding hydrogens is 204 g/mol. The zero-order chi connectivity index (χ0) is 12.3. The quantitative estimate of drug-likeness (QED) is 0.688. The SMILES string of the molecule is C#CC1(CC)OC(OC)[C@@H](OC(C)C)[C@H]1C. The number of hydrogen-bond acceptors (Lipinski definition) is 3. The van der Waals surface area contributed by atoms with E-state index in [1.54, 1.807) is 7.11 Å². The summed E-state index contributed by atoms with van der Waals surface area (Å²) in [5.41, 5.74) is -0.555. The molecule has 1 fully saturated rings. The molecule has 1 rings (SSSR count). The Labute approximate surface area is 98.5 Å². The molecule has 0 N–H and O–H groups in total. The van der Waals surface area contributed by atoms with Crippen molar-refractivity contribution in [1.29, 1.82) is 0 Å². The predicted octanol–water partition coefficient (Wildman–Crippen LogP) is 2.20. The van der Waals surface area contributed by atoms with Crippen LogP contribution in [0.25, 0.3) is 0 Å². The highest BCUT2D eigenvalue weighted by Gasteiger charge is 2.52. The summed E-state index contributed by atoms with van der Waals surface area (Å²) in [7, 11) is 1.62. The van der Waals surface area contributed by atoms with Crippen molar-refractivity contribution in [1.82, 2.24) is 0 Å². The molecule has 1 aliphatic heterocycles. The van der Waals surface area contributed by atoms with Crippen molar-refractivity contribution in [3.63, 3.8) is 0 Å². The van der Waals surface area contributed by atoms with Gasteiger partial charge in [-0.3, -0.25) is 0 Å². The monoisotopic (exact) mass is 226 g/mol. The lowest BCUT2D eigenvalue weighted by Gasteiger charge is -2.27. The van der Waals surface area contributed by atoms with Crippen molar-refractivity contribution in [2.75, 3.05) is 7.11 Å². The molecule has 0 bridgehead atoms. The van der Waals surface area contributed by atoms with Gasteiger partial charge in [-0.2, -0.15) is 0 Å². The van der Waals surface area contributed by atoms with Gasteiger partial charge in [0.1, 0.15) is 11.7 Å². The molecule has 0 aromatic heterocycles. The molecule has 1 heterocycles. The van der Waals surface area contributed by atoms with Gasteiger partial charge in [-0.1, -0.05) is 19.8 Å². The minimum absolute atomic E-state index is 0.0963. The van der Waals surface area contributed by atoms with Gasteiger partial charge in [0.2, 0.25) is 0 Å². The molecule has 92 valence electrons. The second kappa shape index (κ2) is 5.18. The highest BCUT2D eigenvalue weighted by molar-refractivity contribution is 5.15. The van der Waals surface area contributed by atoms with E-state index in [0.29, 0.717) is 0 Å². The largest absolute Gasteiger partial charge is 0.370 e. The average Bonchev–Trinajstić information content (AvgIpc) is 2.53. The fourth-order valence-electron chi connectivity index (χ4n) is 2.23. The third kappa shape index (κ3) is 2.24. The zero-order valence-electron chi connectivity index (χ0n) is 10.8. The van der Waals surface area contributed by atoms with Gasteiger partial charge < -0.3 is 14.2 Å². The third-order valence-corrected chi connectivity index (χ3v) is 3.25. The van der Waals surface area contributed by atoms with Gasteiger partial charge in [0.25, 0.3) is 0 Å². The van der Waals surface area contributed by atoms with Crippen molar-refractivity contribution in [2.24, 2.45) is 5.92 Å². The van der Waals surface area contributed by atoms with Crippen LogP contribution in [0, 0.1) is 18.3 Å². The third-order valence-electron chi connectivity index (χ3n) is 3.25. The van der Waals surface area contributed by atoms with E-state index < -0.39 is 5.60 Å². The van der Waals surface area contributed by atoms with Crippen LogP contribution in [0.1, 0.15) is 34.1 Å². The minimum atomic E-state index is -0.555. The predicted molar refractivity (Wildman–Crippen MR) is 62.9 cm³/mol. The summed E-state index contributed by atoms with van der Waals surface area (Å²) in [5, 5.41) is 0. The van der Waals surface area contributed by atoms with E-state index in [4.69, 9.17) is 20.6 Å². The second-order valence-electron chi connectivity index (χ2n) is 4.55. The summed E-state index contributed by atoms with van der Waals surface area (Å²) in [6.07, 6.45) is 6.03. The van der Waals surface area contributed by atoms with Gasteiger partial charge in [-0.25, -0.2) is 0 Å². The van der Waals surface area contributed by atoms with Crippen LogP contribution in [-0.4, -0.2) is 31.2 Å². The fourth-order valence-corrected chi connectivity index (χ4v) is 2.23. The summed E-state index contributed by atoms with van der Waals surface area (Å²) in [5.74, 6) is 2.90. The average molecular weight is 226 g/mol. The Kier molecular flexibility index (Phi) is 4.37. The molecular formula is C13H22O3. The van der Waals surface area contributed by atoms with E-state index in [0.717, 1.165) is 6.42 Å². The van der Waals surface area contributed by atoms with Crippen LogP contribution in [0.2, 0.25) is 0 Å². The van der Waals surface area contributed by atoms with E-state index in [9.17, 15) is 0 Å². The van der Waals surface area contributed by atoms with Gasteiger partial charge in [-0.05, 0) is 20.3 Å². The summed E-state index contributed by atoms with van der Waals surface area (Å²) < 4.78 is 17.0. The Balaban J connectivity index is 2.89. The first-order chi connectivity index (χ1) is 7.50. The Morgan fingerprint density at radius 3 is 2.50 bits per heavy atom. The van der Waals surface area contributed by atoms with Gasteiger partial charge in [-0.15, -0.1) is 6.42 Å². The van der Waals surface area contributed by atoms with Crippen molar-refractivity contribution in [3.8, 4) is 12.3 Å². The number of terminal acetylenes is 1. The van der Waals surface area contributed by atoms with Gasteiger partial charge in [0.05, 0.1) is 6.10 Å². The molecule has 0 saturated carbocycles. The second-order valence-corrected chi connectivity index (χ2v) is 4.55. The molecule has 4 atom stereocenters. The molecule has 0 aliphatic carbocycles. The van der Waals surface area contributed by atoms with Gasteiger partial charge in [0, 0.05) is 13.0 Å². The summed E-state index contributed by atoms with van der Waals surface area (Å²) >= 11 is 0. The molecule has 0 aromatic carbocycles. The van der Waals surface area contributed by atoms with E-state index in [1.807, 2.05) is 20.8 Å². The summed E-state index contributed by atoms with van der Waals surface area (Å²) in [6, 6.07) is 0. The van der Waals surface area contributed by atoms with E-state index in [1.165, 1.54) is 0 Å². The van der Waals surface area contributed by atoms with Gasteiger partial charge >= 0.3 is 0 Å². The van der Waals surface area contributed by atoms with Gasteiger partial charge in [0.15, 0.2) is 6.29 Å². The maximum Gasteiger partial charge on any atom is 0.185 e. The standard InChI is InChI=1S/C13H22O3/c1-7-13(8-2)10(5)11(15-9(3)4)12(14-6)16-13/h1,9-12H,8H2,2-6H3/t10-,11+,12?,13?/m1/s1. The smallest absolute Gasteiger partial charge is 0.185 e. The van der Waals surface area contributed by atoms with Crippen molar-refractivity contribution >= 4 is 0 Å². The zero-order valence-corrected chi connectivity index (χ0v) is 10.8. The first kappa shape index (κ1) is 13.5. The molecule has 3 heteroatoms. The Morgan fingerprint density at radius 2 is 2.12 bits per heavy atom. The molecule has 0 spiro atoms. The topological polar surface area (TPSA) is 27.7 Å².